The Morgan fingerprint density at radius 3 is 2.24 bits per heavy atom. The van der Waals surface area contributed by atoms with Gasteiger partial charge < -0.3 is 14.4 Å². The van der Waals surface area contributed by atoms with E-state index in [0.29, 0.717) is 32.7 Å². The monoisotopic (exact) mass is 397 g/mol. The van der Waals surface area contributed by atoms with Crippen LogP contribution in [0.3, 0.4) is 0 Å². The lowest BCUT2D eigenvalue weighted by atomic mass is 9.95. The number of carbonyl (C=O) groups is 2. The first-order chi connectivity index (χ1) is 14.0. The molecular weight excluding hydrogens is 369 g/mol. The number of fused-ring (bicyclic) bond motifs is 1. The summed E-state index contributed by atoms with van der Waals surface area (Å²) < 4.78 is 15.5. The number of piperazine rings is 1. The average Bonchev–Trinajstić information content (AvgIpc) is 3.01. The lowest BCUT2D eigenvalue weighted by molar-refractivity contribution is -0.130. The highest BCUT2D eigenvalue weighted by molar-refractivity contribution is 5.95. The molecule has 5 nitrogen and oxygen atoms in total. The standard InChI is InChI=1S/C23H28FN3O2/c1-16-20-5-3-4-6-21(20)27(15-18-7-9-19(24)10-8-18)22(16)23(29)26-13-11-25(12-14-26)17(2)28/h7-10H,3-6,11-15H2,1-2H3. The molecule has 0 bridgehead atoms. The van der Waals surface area contributed by atoms with Gasteiger partial charge >= 0.3 is 0 Å². The van der Waals surface area contributed by atoms with Crippen molar-refractivity contribution >= 4 is 11.8 Å². The predicted octanol–water partition coefficient (Wildman–Crippen LogP) is 3.17. The van der Waals surface area contributed by atoms with Crippen molar-refractivity contribution < 1.29 is 14.0 Å². The van der Waals surface area contributed by atoms with Crippen LogP contribution in [0.2, 0.25) is 0 Å². The third-order valence-corrected chi connectivity index (χ3v) is 6.31. The Bertz CT molecular complexity index is 925. The van der Waals surface area contributed by atoms with Gasteiger partial charge in [0.2, 0.25) is 5.91 Å². The van der Waals surface area contributed by atoms with E-state index in [0.717, 1.165) is 42.5 Å². The number of hydrogen-bond acceptors (Lipinski definition) is 2. The van der Waals surface area contributed by atoms with E-state index in [2.05, 4.69) is 11.5 Å². The zero-order valence-corrected chi connectivity index (χ0v) is 17.2. The largest absolute Gasteiger partial charge is 0.339 e. The third kappa shape index (κ3) is 3.80. The Morgan fingerprint density at radius 2 is 1.59 bits per heavy atom. The van der Waals surface area contributed by atoms with Gasteiger partial charge in [0.05, 0.1) is 0 Å². The fourth-order valence-electron chi connectivity index (χ4n) is 4.67. The van der Waals surface area contributed by atoms with Gasteiger partial charge in [0, 0.05) is 45.3 Å². The second kappa shape index (κ2) is 8.01. The van der Waals surface area contributed by atoms with Crippen molar-refractivity contribution in [1.29, 1.82) is 0 Å². The summed E-state index contributed by atoms with van der Waals surface area (Å²) >= 11 is 0. The van der Waals surface area contributed by atoms with Gasteiger partial charge in [-0.2, -0.15) is 0 Å². The van der Waals surface area contributed by atoms with E-state index in [-0.39, 0.29) is 17.6 Å². The molecular formula is C23H28FN3O2. The molecule has 0 atom stereocenters. The average molecular weight is 397 g/mol. The molecule has 6 heteroatoms. The summed E-state index contributed by atoms with van der Waals surface area (Å²) in [5, 5.41) is 0. The van der Waals surface area contributed by atoms with Crippen LogP contribution in [0.1, 0.15) is 52.6 Å². The minimum absolute atomic E-state index is 0.0437. The third-order valence-electron chi connectivity index (χ3n) is 6.31. The van der Waals surface area contributed by atoms with Gasteiger partial charge in [-0.1, -0.05) is 12.1 Å². The molecule has 2 amide bonds. The topological polar surface area (TPSA) is 45.6 Å². The Morgan fingerprint density at radius 1 is 0.966 bits per heavy atom. The molecule has 2 heterocycles. The maximum atomic E-state index is 13.5. The predicted molar refractivity (Wildman–Crippen MR) is 109 cm³/mol. The summed E-state index contributed by atoms with van der Waals surface area (Å²) in [5.41, 5.74) is 5.40. The lowest BCUT2D eigenvalue weighted by Crippen LogP contribution is -2.50. The van der Waals surface area contributed by atoms with Crippen molar-refractivity contribution in [3.63, 3.8) is 0 Å². The molecule has 1 aromatic heterocycles. The van der Waals surface area contributed by atoms with Crippen LogP contribution in [0.4, 0.5) is 4.39 Å². The SMILES string of the molecule is CC(=O)N1CCN(C(=O)c2c(C)c3c(n2Cc2ccc(F)cc2)CCCC3)CC1. The van der Waals surface area contributed by atoms with Gasteiger partial charge in [0.1, 0.15) is 11.5 Å². The zero-order chi connectivity index (χ0) is 20.5. The molecule has 154 valence electrons. The van der Waals surface area contributed by atoms with Crippen molar-refractivity contribution in [2.75, 3.05) is 26.2 Å². The fourth-order valence-corrected chi connectivity index (χ4v) is 4.67. The highest BCUT2D eigenvalue weighted by atomic mass is 19.1. The Hall–Kier alpha value is -2.63. The first-order valence-electron chi connectivity index (χ1n) is 10.5. The molecule has 1 fully saturated rings. The number of halogens is 1. The molecule has 0 radical (unpaired) electrons. The van der Waals surface area contributed by atoms with Gasteiger partial charge in [-0.15, -0.1) is 0 Å². The summed E-state index contributed by atoms with van der Waals surface area (Å²) in [7, 11) is 0. The van der Waals surface area contributed by atoms with Gasteiger partial charge in [0.25, 0.3) is 5.91 Å². The van der Waals surface area contributed by atoms with Crippen molar-refractivity contribution in [3.8, 4) is 0 Å². The summed E-state index contributed by atoms with van der Waals surface area (Å²) in [4.78, 5) is 28.8. The van der Waals surface area contributed by atoms with E-state index in [9.17, 15) is 14.0 Å². The number of amides is 2. The van der Waals surface area contributed by atoms with Crippen molar-refractivity contribution in [2.45, 2.75) is 46.1 Å². The van der Waals surface area contributed by atoms with Crippen LogP contribution in [-0.2, 0) is 24.2 Å². The summed E-state index contributed by atoms with van der Waals surface area (Å²) in [6.45, 7) is 6.49. The molecule has 0 saturated carbocycles. The molecule has 1 saturated heterocycles. The lowest BCUT2D eigenvalue weighted by Gasteiger charge is -2.34. The van der Waals surface area contributed by atoms with Crippen LogP contribution in [0.5, 0.6) is 0 Å². The van der Waals surface area contributed by atoms with Crippen LogP contribution < -0.4 is 0 Å². The van der Waals surface area contributed by atoms with Crippen LogP contribution in [0, 0.1) is 12.7 Å². The van der Waals surface area contributed by atoms with Gasteiger partial charge in [-0.25, -0.2) is 4.39 Å². The Kier molecular flexibility index (Phi) is 5.43. The minimum Gasteiger partial charge on any atom is -0.339 e. The van der Waals surface area contributed by atoms with Crippen molar-refractivity contribution in [1.82, 2.24) is 14.4 Å². The number of aromatic nitrogens is 1. The highest BCUT2D eigenvalue weighted by Crippen LogP contribution is 2.31. The van der Waals surface area contributed by atoms with E-state index in [1.54, 1.807) is 24.0 Å². The number of hydrogen-bond donors (Lipinski definition) is 0. The van der Waals surface area contributed by atoms with Crippen molar-refractivity contribution in [3.05, 3.63) is 58.2 Å². The molecule has 1 aromatic carbocycles. The van der Waals surface area contributed by atoms with E-state index >= 15 is 0 Å². The van der Waals surface area contributed by atoms with Gasteiger partial charge in [-0.3, -0.25) is 9.59 Å². The maximum Gasteiger partial charge on any atom is 0.270 e. The van der Waals surface area contributed by atoms with E-state index in [1.807, 2.05) is 4.90 Å². The summed E-state index contributed by atoms with van der Waals surface area (Å²) in [6, 6.07) is 6.53. The Balaban J connectivity index is 1.66. The number of carbonyl (C=O) groups excluding carboxylic acids is 2. The maximum absolute atomic E-state index is 13.5. The molecule has 1 aliphatic carbocycles. The molecule has 2 aromatic rings. The van der Waals surface area contributed by atoms with Gasteiger partial charge in [-0.05, 0) is 61.4 Å². The molecule has 0 spiro atoms. The fraction of sp³-hybridized carbons (Fsp3) is 0.478. The quantitative estimate of drug-likeness (QED) is 0.799. The molecule has 1 aliphatic heterocycles. The van der Waals surface area contributed by atoms with Crippen LogP contribution in [0.25, 0.3) is 0 Å². The normalized spacial score (nSPS) is 16.7. The first-order valence-corrected chi connectivity index (χ1v) is 10.5. The first kappa shape index (κ1) is 19.7. The zero-order valence-electron chi connectivity index (χ0n) is 17.2. The smallest absolute Gasteiger partial charge is 0.270 e. The van der Waals surface area contributed by atoms with E-state index in [4.69, 9.17) is 0 Å². The summed E-state index contributed by atoms with van der Waals surface area (Å²) in [6.07, 6.45) is 4.27. The van der Waals surface area contributed by atoms with Crippen LogP contribution >= 0.6 is 0 Å². The van der Waals surface area contributed by atoms with Crippen LogP contribution in [-0.4, -0.2) is 52.4 Å². The molecule has 0 N–H and O–H groups in total. The number of benzene rings is 1. The molecule has 4 rings (SSSR count). The minimum atomic E-state index is -0.251. The second-order valence-corrected chi connectivity index (χ2v) is 8.12. The molecule has 0 unspecified atom stereocenters. The van der Waals surface area contributed by atoms with Gasteiger partial charge in [0.15, 0.2) is 0 Å². The van der Waals surface area contributed by atoms with Crippen molar-refractivity contribution in [2.24, 2.45) is 0 Å². The number of nitrogens with zero attached hydrogens (tertiary/aromatic N) is 3. The Labute approximate surface area is 171 Å². The highest BCUT2D eigenvalue weighted by Gasteiger charge is 2.30. The number of rotatable bonds is 3. The van der Waals surface area contributed by atoms with E-state index in [1.165, 1.54) is 23.4 Å². The second-order valence-electron chi connectivity index (χ2n) is 8.12. The molecule has 2 aliphatic rings. The summed E-state index contributed by atoms with van der Waals surface area (Å²) in [5.74, 6) is -0.148. The van der Waals surface area contributed by atoms with Crippen LogP contribution in [0.15, 0.2) is 24.3 Å². The molecule has 29 heavy (non-hydrogen) atoms. The van der Waals surface area contributed by atoms with E-state index < -0.39 is 0 Å².